The first kappa shape index (κ1) is 20.6. The smallest absolute Gasteiger partial charge is 0.257 e. The molecule has 1 atom stereocenters. The second kappa shape index (κ2) is 9.41. The summed E-state index contributed by atoms with van der Waals surface area (Å²) in [5.74, 6) is 0.685. The average molecular weight is 397 g/mol. The molecule has 7 heteroatoms. The van der Waals surface area contributed by atoms with Crippen molar-refractivity contribution in [1.29, 1.82) is 0 Å². The van der Waals surface area contributed by atoms with Crippen LogP contribution in [-0.2, 0) is 0 Å². The van der Waals surface area contributed by atoms with Crippen LogP contribution in [0.5, 0.6) is 11.5 Å². The zero-order valence-corrected chi connectivity index (χ0v) is 17.1. The first-order valence-electron chi connectivity index (χ1n) is 9.86. The van der Waals surface area contributed by atoms with Crippen LogP contribution in [0.15, 0.2) is 36.7 Å². The maximum atomic E-state index is 13.0. The van der Waals surface area contributed by atoms with Gasteiger partial charge < -0.3 is 19.7 Å². The van der Waals surface area contributed by atoms with Gasteiger partial charge in [-0.05, 0) is 43.9 Å². The molecular weight excluding hydrogens is 370 g/mol. The Balaban J connectivity index is 1.76. The lowest BCUT2D eigenvalue weighted by Crippen LogP contribution is -2.43. The van der Waals surface area contributed by atoms with Gasteiger partial charge in [0.1, 0.15) is 0 Å². The van der Waals surface area contributed by atoms with E-state index in [1.807, 2.05) is 4.90 Å². The van der Waals surface area contributed by atoms with Gasteiger partial charge in [-0.15, -0.1) is 0 Å². The molecule has 154 valence electrons. The molecule has 1 aliphatic heterocycles. The van der Waals surface area contributed by atoms with Crippen molar-refractivity contribution in [2.24, 2.45) is 0 Å². The van der Waals surface area contributed by atoms with E-state index in [9.17, 15) is 9.59 Å². The van der Waals surface area contributed by atoms with Crippen LogP contribution in [0.3, 0.4) is 0 Å². The molecule has 0 aliphatic carbocycles. The number of likely N-dealkylation sites (tertiary alicyclic amines) is 1. The van der Waals surface area contributed by atoms with Crippen LogP contribution >= 0.6 is 0 Å². The van der Waals surface area contributed by atoms with Crippen LogP contribution in [-0.4, -0.2) is 48.5 Å². The fraction of sp³-hybridized carbons (Fsp3) is 0.409. The van der Waals surface area contributed by atoms with Crippen molar-refractivity contribution < 1.29 is 19.1 Å². The Morgan fingerprint density at radius 2 is 1.86 bits per heavy atom. The monoisotopic (exact) mass is 397 g/mol. The van der Waals surface area contributed by atoms with Crippen molar-refractivity contribution in [1.82, 2.24) is 9.88 Å². The van der Waals surface area contributed by atoms with Crippen molar-refractivity contribution in [3.05, 3.63) is 47.8 Å². The minimum atomic E-state index is -0.343. The van der Waals surface area contributed by atoms with E-state index in [1.54, 1.807) is 31.4 Å². The normalized spacial score (nSPS) is 16.2. The molecule has 1 unspecified atom stereocenters. The third kappa shape index (κ3) is 4.67. The fourth-order valence-electron chi connectivity index (χ4n) is 3.66. The van der Waals surface area contributed by atoms with Crippen molar-refractivity contribution in [2.45, 2.75) is 38.6 Å². The number of anilines is 1. The van der Waals surface area contributed by atoms with E-state index in [2.05, 4.69) is 17.2 Å². The number of hydrogen-bond donors (Lipinski definition) is 1. The van der Waals surface area contributed by atoms with Gasteiger partial charge in [-0.3, -0.25) is 14.6 Å². The summed E-state index contributed by atoms with van der Waals surface area (Å²) in [5, 5.41) is 2.81. The maximum Gasteiger partial charge on any atom is 0.257 e. The second-order valence-corrected chi connectivity index (χ2v) is 7.04. The standard InChI is InChI=1S/C22H27N3O4/c1-4-18-7-5-6-10-25(18)22(27)16-11-15(13-23-14-16)21(26)24-17-8-9-19(28-2)20(12-17)29-3/h8-9,11-14,18H,4-7,10H2,1-3H3,(H,24,26). The SMILES string of the molecule is CCC1CCCCN1C(=O)c1cncc(C(=O)Nc2ccc(OC)c(OC)c2)c1. The number of carbonyl (C=O) groups excluding carboxylic acids is 2. The molecule has 2 aromatic rings. The maximum absolute atomic E-state index is 13.0. The van der Waals surface area contributed by atoms with Crippen molar-refractivity contribution in [3.8, 4) is 11.5 Å². The summed E-state index contributed by atoms with van der Waals surface area (Å²) in [6.45, 7) is 2.85. The molecule has 2 amide bonds. The molecule has 1 aromatic carbocycles. The largest absolute Gasteiger partial charge is 0.493 e. The van der Waals surface area contributed by atoms with E-state index in [4.69, 9.17) is 9.47 Å². The number of piperidine rings is 1. The van der Waals surface area contributed by atoms with Crippen molar-refractivity contribution in [2.75, 3.05) is 26.1 Å². The van der Waals surface area contributed by atoms with Gasteiger partial charge in [0.05, 0.1) is 25.3 Å². The molecule has 1 saturated heterocycles. The Morgan fingerprint density at radius 1 is 1.10 bits per heavy atom. The number of nitrogens with one attached hydrogen (secondary N) is 1. The summed E-state index contributed by atoms with van der Waals surface area (Å²) >= 11 is 0. The Hall–Kier alpha value is -3.09. The molecule has 3 rings (SSSR count). The van der Waals surface area contributed by atoms with Crippen molar-refractivity contribution >= 4 is 17.5 Å². The van der Waals surface area contributed by atoms with Crippen LogP contribution in [0.2, 0.25) is 0 Å². The summed E-state index contributed by atoms with van der Waals surface area (Å²) in [4.78, 5) is 31.7. The molecule has 0 bridgehead atoms. The lowest BCUT2D eigenvalue weighted by Gasteiger charge is -2.35. The molecule has 29 heavy (non-hydrogen) atoms. The molecule has 1 N–H and O–H groups in total. The molecular formula is C22H27N3O4. The van der Waals surface area contributed by atoms with Gasteiger partial charge >= 0.3 is 0 Å². The highest BCUT2D eigenvalue weighted by Gasteiger charge is 2.26. The minimum Gasteiger partial charge on any atom is -0.493 e. The van der Waals surface area contributed by atoms with E-state index >= 15 is 0 Å². The van der Waals surface area contributed by atoms with Crippen molar-refractivity contribution in [3.63, 3.8) is 0 Å². The van der Waals surface area contributed by atoms with Crippen LogP contribution in [0.1, 0.15) is 53.3 Å². The second-order valence-electron chi connectivity index (χ2n) is 7.04. The Morgan fingerprint density at radius 3 is 2.59 bits per heavy atom. The highest BCUT2D eigenvalue weighted by atomic mass is 16.5. The Bertz CT molecular complexity index is 884. The number of benzene rings is 1. The quantitative estimate of drug-likeness (QED) is 0.803. The van der Waals surface area contributed by atoms with E-state index in [-0.39, 0.29) is 17.9 Å². The van der Waals surface area contributed by atoms with E-state index < -0.39 is 0 Å². The number of methoxy groups -OCH3 is 2. The zero-order chi connectivity index (χ0) is 20.8. The number of ether oxygens (including phenoxy) is 2. The first-order valence-corrected chi connectivity index (χ1v) is 9.86. The van der Waals surface area contributed by atoms with E-state index in [0.717, 1.165) is 32.2 Å². The summed E-state index contributed by atoms with van der Waals surface area (Å²) in [7, 11) is 3.09. The van der Waals surface area contributed by atoms with Gasteiger partial charge in [0, 0.05) is 36.7 Å². The minimum absolute atomic E-state index is 0.0650. The average Bonchev–Trinajstić information content (AvgIpc) is 2.78. The number of nitrogens with zero attached hydrogens (tertiary/aromatic N) is 2. The van der Waals surface area contributed by atoms with Gasteiger partial charge in [-0.1, -0.05) is 6.92 Å². The summed E-state index contributed by atoms with van der Waals surface area (Å²) in [6.07, 6.45) is 7.09. The summed E-state index contributed by atoms with van der Waals surface area (Å²) in [6, 6.07) is 6.97. The number of carbonyl (C=O) groups is 2. The lowest BCUT2D eigenvalue weighted by molar-refractivity contribution is 0.0607. The molecule has 0 spiro atoms. The van der Waals surface area contributed by atoms with E-state index in [1.165, 1.54) is 19.5 Å². The van der Waals surface area contributed by atoms with Gasteiger partial charge in [-0.25, -0.2) is 0 Å². The highest BCUT2D eigenvalue weighted by Crippen LogP contribution is 2.30. The number of pyridine rings is 1. The fourth-order valence-corrected chi connectivity index (χ4v) is 3.66. The van der Waals surface area contributed by atoms with Crippen LogP contribution in [0.4, 0.5) is 5.69 Å². The zero-order valence-electron chi connectivity index (χ0n) is 17.1. The third-order valence-corrected chi connectivity index (χ3v) is 5.25. The number of hydrogen-bond acceptors (Lipinski definition) is 5. The molecule has 1 fully saturated rings. The number of aromatic nitrogens is 1. The predicted molar refractivity (Wildman–Crippen MR) is 111 cm³/mol. The Labute approximate surface area is 171 Å². The molecule has 1 aromatic heterocycles. The topological polar surface area (TPSA) is 80.8 Å². The number of rotatable bonds is 6. The molecule has 0 radical (unpaired) electrons. The van der Waals surface area contributed by atoms with Crippen LogP contribution < -0.4 is 14.8 Å². The third-order valence-electron chi connectivity index (χ3n) is 5.25. The van der Waals surface area contributed by atoms with Crippen LogP contribution in [0, 0.1) is 0 Å². The number of amides is 2. The summed E-state index contributed by atoms with van der Waals surface area (Å²) in [5.41, 5.74) is 1.33. The molecule has 0 saturated carbocycles. The van der Waals surface area contributed by atoms with E-state index in [0.29, 0.717) is 28.3 Å². The van der Waals surface area contributed by atoms with Gasteiger partial charge in [0.15, 0.2) is 11.5 Å². The molecule has 7 nitrogen and oxygen atoms in total. The first-order chi connectivity index (χ1) is 14.1. The highest BCUT2D eigenvalue weighted by molar-refractivity contribution is 6.06. The molecule has 2 heterocycles. The van der Waals surface area contributed by atoms with Gasteiger partial charge in [-0.2, -0.15) is 0 Å². The van der Waals surface area contributed by atoms with Crippen LogP contribution in [0.25, 0.3) is 0 Å². The summed E-state index contributed by atoms with van der Waals surface area (Å²) < 4.78 is 10.5. The lowest BCUT2D eigenvalue weighted by atomic mass is 9.99. The molecule has 1 aliphatic rings. The van der Waals surface area contributed by atoms with Gasteiger partial charge in [0.2, 0.25) is 0 Å². The van der Waals surface area contributed by atoms with Gasteiger partial charge in [0.25, 0.3) is 11.8 Å². The predicted octanol–water partition coefficient (Wildman–Crippen LogP) is 3.76. The Kier molecular flexibility index (Phi) is 6.69.